The van der Waals surface area contributed by atoms with Gasteiger partial charge in [0, 0.05) is 6.07 Å². The summed E-state index contributed by atoms with van der Waals surface area (Å²) < 4.78 is 4.40. The van der Waals surface area contributed by atoms with Crippen molar-refractivity contribution in [3.8, 4) is 0 Å². The molecule has 0 bridgehead atoms. The topological polar surface area (TPSA) is 82.3 Å². The Labute approximate surface area is 90.0 Å². The summed E-state index contributed by atoms with van der Waals surface area (Å²) in [7, 11) is 1.22. The van der Waals surface area contributed by atoms with Crippen LogP contribution in [0.25, 0.3) is 0 Å². The number of pyridine rings is 1. The van der Waals surface area contributed by atoms with Gasteiger partial charge in [0.1, 0.15) is 6.42 Å². The van der Waals surface area contributed by atoms with Gasteiger partial charge in [-0.3, -0.25) is 4.79 Å². The fourth-order valence-electron chi connectivity index (χ4n) is 0.907. The fourth-order valence-corrected chi connectivity index (χ4v) is 1.08. The number of esters is 1. The van der Waals surface area contributed by atoms with Crippen molar-refractivity contribution in [3.63, 3.8) is 0 Å². The van der Waals surface area contributed by atoms with Crippen LogP contribution in [0.4, 0.5) is 5.82 Å². The summed E-state index contributed by atoms with van der Waals surface area (Å²) in [6, 6.07) is 2.49. The van der Waals surface area contributed by atoms with E-state index in [0.717, 1.165) is 0 Å². The molecule has 0 radical (unpaired) electrons. The molecule has 0 aliphatic carbocycles. The van der Waals surface area contributed by atoms with E-state index < -0.39 is 10.9 Å². The van der Waals surface area contributed by atoms with Crippen molar-refractivity contribution in [2.45, 2.75) is 6.42 Å². The van der Waals surface area contributed by atoms with E-state index in [2.05, 4.69) is 9.72 Å². The SMILES string of the molecule is COC(=O)Cc1nc([N+](=O)[O-])ccc1Cl. The minimum atomic E-state index is -0.656. The zero-order valence-electron chi connectivity index (χ0n) is 7.77. The molecular formula is C8H7ClN2O4. The fraction of sp³-hybridized carbons (Fsp3) is 0.250. The van der Waals surface area contributed by atoms with Gasteiger partial charge in [0.05, 0.1) is 12.1 Å². The number of hydrogen-bond donors (Lipinski definition) is 0. The lowest BCUT2D eigenvalue weighted by atomic mass is 10.2. The highest BCUT2D eigenvalue weighted by atomic mass is 35.5. The first-order valence-corrected chi connectivity index (χ1v) is 4.29. The molecule has 0 unspecified atom stereocenters. The molecule has 0 aliphatic rings. The molecule has 1 aromatic heterocycles. The lowest BCUT2D eigenvalue weighted by Crippen LogP contribution is -2.07. The van der Waals surface area contributed by atoms with Crippen LogP contribution in [0, 0.1) is 10.1 Å². The molecule has 6 nitrogen and oxygen atoms in total. The molecule has 0 saturated carbocycles. The Balaban J connectivity index is 3.00. The average Bonchev–Trinajstić information content (AvgIpc) is 2.20. The predicted octanol–water partition coefficient (Wildman–Crippen LogP) is 1.36. The van der Waals surface area contributed by atoms with E-state index >= 15 is 0 Å². The summed E-state index contributed by atoms with van der Waals surface area (Å²) in [5.41, 5.74) is 0.137. The number of halogens is 1. The molecule has 0 saturated heterocycles. The van der Waals surface area contributed by atoms with Gasteiger partial charge in [-0.1, -0.05) is 11.6 Å². The molecule has 7 heteroatoms. The Morgan fingerprint density at radius 2 is 2.33 bits per heavy atom. The summed E-state index contributed by atoms with van der Waals surface area (Å²) in [6.07, 6.45) is -0.184. The van der Waals surface area contributed by atoms with Crippen LogP contribution in [0.5, 0.6) is 0 Å². The van der Waals surface area contributed by atoms with Crippen LogP contribution >= 0.6 is 11.6 Å². The van der Waals surface area contributed by atoms with Crippen LogP contribution in [0.15, 0.2) is 12.1 Å². The Bertz CT molecular complexity index is 408. The molecule has 1 aromatic rings. The van der Waals surface area contributed by atoms with Crippen LogP contribution in [0.1, 0.15) is 5.69 Å². The van der Waals surface area contributed by atoms with Crippen molar-refractivity contribution in [3.05, 3.63) is 33.0 Å². The Kier molecular flexibility index (Phi) is 3.56. The minimum Gasteiger partial charge on any atom is -0.469 e. The van der Waals surface area contributed by atoms with Gasteiger partial charge in [0.2, 0.25) is 0 Å². The van der Waals surface area contributed by atoms with E-state index in [1.807, 2.05) is 0 Å². The number of nitro groups is 1. The standard InChI is InChI=1S/C8H7ClN2O4/c1-15-8(12)4-6-5(9)2-3-7(10-6)11(13)14/h2-3H,4H2,1H3. The van der Waals surface area contributed by atoms with Crippen LogP contribution in [0.3, 0.4) is 0 Å². The van der Waals surface area contributed by atoms with Crippen LogP contribution in [-0.2, 0) is 16.0 Å². The maximum Gasteiger partial charge on any atom is 0.363 e. The average molecular weight is 231 g/mol. The van der Waals surface area contributed by atoms with Gasteiger partial charge in [-0.15, -0.1) is 0 Å². The third-order valence-corrected chi connectivity index (χ3v) is 1.97. The van der Waals surface area contributed by atoms with Gasteiger partial charge >= 0.3 is 11.8 Å². The van der Waals surface area contributed by atoms with Crippen molar-refractivity contribution in [1.29, 1.82) is 0 Å². The lowest BCUT2D eigenvalue weighted by Gasteiger charge is -1.98. The smallest absolute Gasteiger partial charge is 0.363 e. The molecule has 1 rings (SSSR count). The minimum absolute atomic E-state index is 0.137. The molecule has 0 atom stereocenters. The van der Waals surface area contributed by atoms with Crippen molar-refractivity contribution >= 4 is 23.4 Å². The molecule has 0 amide bonds. The second-order valence-corrected chi connectivity index (χ2v) is 3.02. The second kappa shape index (κ2) is 4.70. The number of methoxy groups -OCH3 is 1. The Morgan fingerprint density at radius 1 is 1.67 bits per heavy atom. The third kappa shape index (κ3) is 2.88. The lowest BCUT2D eigenvalue weighted by molar-refractivity contribution is -0.389. The highest BCUT2D eigenvalue weighted by Gasteiger charge is 2.17. The number of hydrogen-bond acceptors (Lipinski definition) is 5. The molecule has 15 heavy (non-hydrogen) atoms. The number of ether oxygens (including phenoxy) is 1. The van der Waals surface area contributed by atoms with E-state index in [4.69, 9.17) is 11.6 Å². The number of rotatable bonds is 3. The van der Waals surface area contributed by atoms with Crippen molar-refractivity contribution < 1.29 is 14.5 Å². The van der Waals surface area contributed by atoms with E-state index in [1.165, 1.54) is 19.2 Å². The molecule has 0 aliphatic heterocycles. The zero-order valence-corrected chi connectivity index (χ0v) is 8.52. The molecule has 0 fully saturated rings. The van der Waals surface area contributed by atoms with Crippen molar-refractivity contribution in [1.82, 2.24) is 4.98 Å². The second-order valence-electron chi connectivity index (χ2n) is 2.61. The van der Waals surface area contributed by atoms with Gasteiger partial charge in [0.15, 0.2) is 5.69 Å². The molecule has 1 heterocycles. The van der Waals surface area contributed by atoms with Crippen LogP contribution in [0.2, 0.25) is 5.02 Å². The van der Waals surface area contributed by atoms with E-state index in [-0.39, 0.29) is 23.0 Å². The van der Waals surface area contributed by atoms with Gasteiger partial charge in [-0.2, -0.15) is 0 Å². The summed E-state index contributed by atoms with van der Waals surface area (Å²) in [6.45, 7) is 0. The van der Waals surface area contributed by atoms with E-state index in [1.54, 1.807) is 0 Å². The number of nitrogens with zero attached hydrogens (tertiary/aromatic N) is 2. The first-order chi connectivity index (χ1) is 7.04. The molecule has 0 aromatic carbocycles. The Morgan fingerprint density at radius 3 is 2.87 bits per heavy atom. The molecule has 0 spiro atoms. The Hall–Kier alpha value is -1.69. The van der Waals surface area contributed by atoms with Crippen LogP contribution in [-0.4, -0.2) is 23.0 Å². The molecule has 80 valence electrons. The monoisotopic (exact) mass is 230 g/mol. The summed E-state index contributed by atoms with van der Waals surface area (Å²) in [5, 5.41) is 10.6. The largest absolute Gasteiger partial charge is 0.469 e. The third-order valence-electron chi connectivity index (χ3n) is 1.63. The van der Waals surface area contributed by atoms with Gasteiger partial charge in [0.25, 0.3) is 0 Å². The van der Waals surface area contributed by atoms with E-state index in [0.29, 0.717) is 0 Å². The van der Waals surface area contributed by atoms with Gasteiger partial charge in [-0.25, -0.2) is 0 Å². The maximum atomic E-state index is 10.9. The first kappa shape index (κ1) is 11.4. The van der Waals surface area contributed by atoms with Gasteiger partial charge in [-0.05, 0) is 16.0 Å². The summed E-state index contributed by atoms with van der Waals surface area (Å²) in [5.74, 6) is -0.900. The first-order valence-electron chi connectivity index (χ1n) is 3.91. The summed E-state index contributed by atoms with van der Waals surface area (Å²) in [4.78, 5) is 24.3. The van der Waals surface area contributed by atoms with Gasteiger partial charge < -0.3 is 14.9 Å². The number of carbonyl (C=O) groups is 1. The maximum absolute atomic E-state index is 10.9. The van der Waals surface area contributed by atoms with Crippen LogP contribution < -0.4 is 0 Å². The highest BCUT2D eigenvalue weighted by molar-refractivity contribution is 6.31. The normalized spacial score (nSPS) is 9.73. The zero-order chi connectivity index (χ0) is 11.4. The van der Waals surface area contributed by atoms with Crippen molar-refractivity contribution in [2.24, 2.45) is 0 Å². The van der Waals surface area contributed by atoms with E-state index in [9.17, 15) is 14.9 Å². The summed E-state index contributed by atoms with van der Waals surface area (Å²) >= 11 is 5.71. The predicted molar refractivity (Wildman–Crippen MR) is 51.6 cm³/mol. The highest BCUT2D eigenvalue weighted by Crippen LogP contribution is 2.18. The number of aromatic nitrogens is 1. The quantitative estimate of drug-likeness (QED) is 0.445. The molecular weight excluding hydrogens is 224 g/mol. The number of carbonyl (C=O) groups excluding carboxylic acids is 1. The molecule has 0 N–H and O–H groups in total. The van der Waals surface area contributed by atoms with Crippen molar-refractivity contribution in [2.75, 3.05) is 7.11 Å².